The van der Waals surface area contributed by atoms with Crippen LogP contribution in [0.4, 0.5) is 39.5 Å². The van der Waals surface area contributed by atoms with Crippen LogP contribution in [0.25, 0.3) is 0 Å². The maximum absolute atomic E-state index is 14.1. The predicted octanol–water partition coefficient (Wildman–Crippen LogP) is 4.41. The molecule has 0 heterocycles. The quantitative estimate of drug-likeness (QED) is 0.674. The van der Waals surface area contributed by atoms with Gasteiger partial charge in [-0.2, -0.15) is 35.1 Å². The van der Waals surface area contributed by atoms with Crippen LogP contribution in [-0.4, -0.2) is 23.7 Å². The molecule has 1 aromatic carbocycles. The van der Waals surface area contributed by atoms with Gasteiger partial charge in [0.2, 0.25) is 0 Å². The molecule has 0 amide bonds. The summed E-state index contributed by atoms with van der Waals surface area (Å²) in [6.45, 7) is 0. The highest BCUT2D eigenvalue weighted by atomic mass is 19.4. The van der Waals surface area contributed by atoms with Gasteiger partial charge < -0.3 is 0 Å². The van der Waals surface area contributed by atoms with Gasteiger partial charge in [-0.3, -0.25) is 0 Å². The zero-order valence-corrected chi connectivity index (χ0v) is 9.29. The summed E-state index contributed by atoms with van der Waals surface area (Å²) in [5.41, 5.74) is -7.17. The molecule has 0 aromatic heterocycles. The van der Waals surface area contributed by atoms with Gasteiger partial charge in [0.1, 0.15) is 0 Å². The third-order valence-corrected chi connectivity index (χ3v) is 3.22. The second kappa shape index (κ2) is 3.62. The summed E-state index contributed by atoms with van der Waals surface area (Å²) < 4.78 is 119. The standard InChI is InChI=1S/C11H5F9/c12-7(6-4-2-1-3-5-6)8(13,14)10(17,18)11(19,20)9(7,15)16/h1-5H. The summed E-state index contributed by atoms with van der Waals surface area (Å²) in [5.74, 6) is -25.6. The summed E-state index contributed by atoms with van der Waals surface area (Å²) in [6.07, 6.45) is 0. The van der Waals surface area contributed by atoms with Crippen LogP contribution in [0.2, 0.25) is 0 Å². The molecule has 0 aliphatic heterocycles. The lowest BCUT2D eigenvalue weighted by Crippen LogP contribution is -2.51. The molecule has 0 spiro atoms. The van der Waals surface area contributed by atoms with E-state index in [9.17, 15) is 39.5 Å². The first-order chi connectivity index (χ1) is 8.86. The van der Waals surface area contributed by atoms with Crippen LogP contribution < -0.4 is 0 Å². The van der Waals surface area contributed by atoms with Gasteiger partial charge in [0, 0.05) is 5.56 Å². The maximum atomic E-state index is 14.1. The van der Waals surface area contributed by atoms with E-state index < -0.39 is 34.9 Å². The van der Waals surface area contributed by atoms with Crippen molar-refractivity contribution in [1.29, 1.82) is 0 Å². The van der Waals surface area contributed by atoms with Crippen molar-refractivity contribution in [2.75, 3.05) is 0 Å². The topological polar surface area (TPSA) is 0 Å². The molecule has 2 rings (SSSR count). The van der Waals surface area contributed by atoms with Gasteiger partial charge in [0.15, 0.2) is 0 Å². The van der Waals surface area contributed by atoms with Crippen LogP contribution in [-0.2, 0) is 5.67 Å². The molecular formula is C11H5F9. The van der Waals surface area contributed by atoms with E-state index in [0.717, 1.165) is 18.2 Å². The Kier molecular flexibility index (Phi) is 2.71. The zero-order valence-electron chi connectivity index (χ0n) is 9.29. The third kappa shape index (κ3) is 1.22. The number of alkyl halides is 9. The van der Waals surface area contributed by atoms with Crippen LogP contribution in [0.5, 0.6) is 0 Å². The Hall–Kier alpha value is -1.41. The molecule has 112 valence electrons. The van der Waals surface area contributed by atoms with E-state index >= 15 is 0 Å². The van der Waals surface area contributed by atoms with Gasteiger partial charge in [0.05, 0.1) is 0 Å². The minimum absolute atomic E-state index is 0.319. The first kappa shape index (κ1) is 15.0. The molecule has 1 aromatic rings. The highest BCUT2D eigenvalue weighted by Crippen LogP contribution is 2.72. The van der Waals surface area contributed by atoms with Crippen LogP contribution in [0, 0.1) is 0 Å². The second-order valence-corrected chi connectivity index (χ2v) is 4.32. The molecule has 1 aliphatic carbocycles. The summed E-state index contributed by atoms with van der Waals surface area (Å²) >= 11 is 0. The minimum Gasteiger partial charge on any atom is -0.225 e. The normalized spacial score (nSPS) is 28.2. The molecule has 9 heteroatoms. The second-order valence-electron chi connectivity index (χ2n) is 4.32. The van der Waals surface area contributed by atoms with Crippen molar-refractivity contribution >= 4 is 0 Å². The molecule has 0 radical (unpaired) electrons. The van der Waals surface area contributed by atoms with Crippen LogP contribution >= 0.6 is 0 Å². The van der Waals surface area contributed by atoms with Gasteiger partial charge >= 0.3 is 23.7 Å². The highest BCUT2D eigenvalue weighted by Gasteiger charge is 3.00. The summed E-state index contributed by atoms with van der Waals surface area (Å²) in [6, 6.07) is 3.31. The molecule has 1 saturated carbocycles. The monoisotopic (exact) mass is 308 g/mol. The smallest absolute Gasteiger partial charge is 0.225 e. The summed E-state index contributed by atoms with van der Waals surface area (Å²) in [5, 5.41) is 0. The molecular weight excluding hydrogens is 303 g/mol. The van der Waals surface area contributed by atoms with Crippen molar-refractivity contribution in [3.63, 3.8) is 0 Å². The largest absolute Gasteiger partial charge is 0.382 e. The Balaban J connectivity index is 2.82. The van der Waals surface area contributed by atoms with Crippen molar-refractivity contribution in [2.45, 2.75) is 29.4 Å². The van der Waals surface area contributed by atoms with Gasteiger partial charge in [-0.25, -0.2) is 4.39 Å². The van der Waals surface area contributed by atoms with Crippen molar-refractivity contribution in [1.82, 2.24) is 0 Å². The molecule has 1 fully saturated rings. The maximum Gasteiger partial charge on any atom is 0.382 e. The van der Waals surface area contributed by atoms with Crippen molar-refractivity contribution < 1.29 is 39.5 Å². The van der Waals surface area contributed by atoms with Crippen molar-refractivity contribution in [3.05, 3.63) is 35.9 Å². The lowest BCUT2D eigenvalue weighted by atomic mass is 9.88. The van der Waals surface area contributed by atoms with Crippen LogP contribution in [0.1, 0.15) is 5.56 Å². The first-order valence-corrected chi connectivity index (χ1v) is 5.11. The zero-order chi connectivity index (χ0) is 15.6. The average molecular weight is 308 g/mol. The molecule has 0 nitrogen and oxygen atoms in total. The number of hydrogen-bond donors (Lipinski definition) is 0. The van der Waals surface area contributed by atoms with Gasteiger partial charge in [-0.05, 0) is 0 Å². The lowest BCUT2D eigenvalue weighted by Gasteiger charge is -2.31. The first-order valence-electron chi connectivity index (χ1n) is 5.11. The Morgan fingerprint density at radius 1 is 0.500 bits per heavy atom. The van der Waals surface area contributed by atoms with Crippen LogP contribution in [0.3, 0.4) is 0 Å². The summed E-state index contributed by atoms with van der Waals surface area (Å²) in [7, 11) is 0. The van der Waals surface area contributed by atoms with E-state index in [1.54, 1.807) is 0 Å². The van der Waals surface area contributed by atoms with E-state index in [4.69, 9.17) is 0 Å². The van der Waals surface area contributed by atoms with Gasteiger partial charge in [-0.15, -0.1) is 0 Å². The molecule has 1 aliphatic rings. The van der Waals surface area contributed by atoms with E-state index in [2.05, 4.69) is 0 Å². The van der Waals surface area contributed by atoms with E-state index in [1.807, 2.05) is 0 Å². The fourth-order valence-electron chi connectivity index (χ4n) is 2.05. The molecule has 0 saturated heterocycles. The van der Waals surface area contributed by atoms with Crippen LogP contribution in [0.15, 0.2) is 30.3 Å². The number of hydrogen-bond acceptors (Lipinski definition) is 0. The SMILES string of the molecule is FC1(F)C(F)(F)C(F)(F)C(F)(c2ccccc2)C1(F)F. The lowest BCUT2D eigenvalue weighted by molar-refractivity contribution is -0.303. The Bertz CT molecular complexity index is 494. The number of rotatable bonds is 1. The number of benzene rings is 1. The van der Waals surface area contributed by atoms with E-state index in [0.29, 0.717) is 12.1 Å². The fourth-order valence-corrected chi connectivity index (χ4v) is 2.05. The molecule has 0 N–H and O–H groups in total. The Labute approximate surface area is 106 Å². The average Bonchev–Trinajstić information content (AvgIpc) is 2.41. The molecule has 0 bridgehead atoms. The van der Waals surface area contributed by atoms with Crippen molar-refractivity contribution in [2.24, 2.45) is 0 Å². The Morgan fingerprint density at radius 2 is 0.850 bits per heavy atom. The van der Waals surface area contributed by atoms with Gasteiger partial charge in [-0.1, -0.05) is 30.3 Å². The molecule has 0 atom stereocenters. The number of halogens is 9. The van der Waals surface area contributed by atoms with E-state index in [-0.39, 0.29) is 0 Å². The summed E-state index contributed by atoms with van der Waals surface area (Å²) in [4.78, 5) is 0. The van der Waals surface area contributed by atoms with Crippen molar-refractivity contribution in [3.8, 4) is 0 Å². The molecule has 0 unspecified atom stereocenters. The minimum atomic E-state index is -6.53. The predicted molar refractivity (Wildman–Crippen MR) is 49.0 cm³/mol. The van der Waals surface area contributed by atoms with Gasteiger partial charge in [0.25, 0.3) is 5.67 Å². The molecule has 20 heavy (non-hydrogen) atoms. The third-order valence-electron chi connectivity index (χ3n) is 3.22. The Morgan fingerprint density at radius 3 is 1.20 bits per heavy atom. The fraction of sp³-hybridized carbons (Fsp3) is 0.455. The van der Waals surface area contributed by atoms with E-state index in [1.165, 1.54) is 0 Å². The highest BCUT2D eigenvalue weighted by molar-refractivity contribution is 5.37.